The molecule has 2 heterocycles. The van der Waals surface area contributed by atoms with Gasteiger partial charge in [0.15, 0.2) is 0 Å². The lowest BCUT2D eigenvalue weighted by Gasteiger charge is -2.04. The van der Waals surface area contributed by atoms with Crippen LogP contribution < -0.4 is 5.32 Å². The molecule has 0 bridgehead atoms. The van der Waals surface area contributed by atoms with Crippen LogP contribution in [0.3, 0.4) is 0 Å². The molecule has 0 aliphatic heterocycles. The Bertz CT molecular complexity index is 493. The smallest absolute Gasteiger partial charge is 0.277 e. The highest BCUT2D eigenvalue weighted by atomic mass is 32.2. The number of hydrogen-bond acceptors (Lipinski definition) is 6. The lowest BCUT2D eigenvalue weighted by molar-refractivity contribution is 0.426. The second-order valence-corrected chi connectivity index (χ2v) is 5.21. The number of hydrogen-bond donors (Lipinski definition) is 1. The second-order valence-electron chi connectivity index (χ2n) is 4.28. The third-order valence-electron chi connectivity index (χ3n) is 2.25. The van der Waals surface area contributed by atoms with Crippen LogP contribution in [0.4, 0.5) is 0 Å². The molecule has 6 heteroatoms. The molecule has 0 fully saturated rings. The van der Waals surface area contributed by atoms with Crippen LogP contribution in [0.5, 0.6) is 0 Å². The third-order valence-corrected chi connectivity index (χ3v) is 3.09. The Labute approximate surface area is 110 Å². The molecule has 0 amide bonds. The van der Waals surface area contributed by atoms with Crippen LogP contribution in [0.25, 0.3) is 0 Å². The fraction of sp³-hybridized carbons (Fsp3) is 0.500. The maximum Gasteiger partial charge on any atom is 0.277 e. The molecule has 0 unspecified atom stereocenters. The van der Waals surface area contributed by atoms with Crippen molar-refractivity contribution in [3.05, 3.63) is 29.5 Å². The first-order valence-corrected chi connectivity index (χ1v) is 6.86. The summed E-state index contributed by atoms with van der Waals surface area (Å²) in [6.07, 6.45) is 0. The quantitative estimate of drug-likeness (QED) is 0.812. The molecule has 0 saturated heterocycles. The molecule has 0 atom stereocenters. The lowest BCUT2D eigenvalue weighted by atomic mass is 10.3. The van der Waals surface area contributed by atoms with E-state index in [1.165, 1.54) is 11.8 Å². The standard InChI is InChI=1S/C12H17N3O2S/c1-8(2)13-6-10-4-5-11(17-10)7-18-12-15-14-9(3)16-12/h4-5,8,13H,6-7H2,1-3H3. The molecule has 0 radical (unpaired) electrons. The topological polar surface area (TPSA) is 64.1 Å². The van der Waals surface area contributed by atoms with Gasteiger partial charge in [0, 0.05) is 13.0 Å². The van der Waals surface area contributed by atoms with Gasteiger partial charge in [-0.3, -0.25) is 0 Å². The summed E-state index contributed by atoms with van der Waals surface area (Å²) in [5.74, 6) is 3.14. The van der Waals surface area contributed by atoms with Crippen molar-refractivity contribution in [3.8, 4) is 0 Å². The zero-order chi connectivity index (χ0) is 13.0. The maximum absolute atomic E-state index is 5.69. The first kappa shape index (κ1) is 13.2. The first-order valence-electron chi connectivity index (χ1n) is 5.87. The Morgan fingerprint density at radius 3 is 2.67 bits per heavy atom. The molecule has 0 aromatic carbocycles. The number of thioether (sulfide) groups is 1. The minimum Gasteiger partial charge on any atom is -0.464 e. The molecular formula is C12H17N3O2S. The summed E-state index contributed by atoms with van der Waals surface area (Å²) in [6, 6.07) is 4.42. The van der Waals surface area contributed by atoms with E-state index in [0.29, 0.717) is 22.9 Å². The number of nitrogens with one attached hydrogen (secondary N) is 1. The molecule has 0 saturated carbocycles. The van der Waals surface area contributed by atoms with Gasteiger partial charge >= 0.3 is 0 Å². The Kier molecular flexibility index (Phi) is 4.43. The number of rotatable bonds is 6. The average Bonchev–Trinajstić information content (AvgIpc) is 2.93. The summed E-state index contributed by atoms with van der Waals surface area (Å²) < 4.78 is 11.0. The van der Waals surface area contributed by atoms with Gasteiger partial charge in [0.1, 0.15) is 11.5 Å². The van der Waals surface area contributed by atoms with Gasteiger partial charge in [-0.2, -0.15) is 0 Å². The van der Waals surface area contributed by atoms with Gasteiger partial charge in [-0.1, -0.05) is 25.6 Å². The first-order chi connectivity index (χ1) is 8.63. The molecule has 2 aromatic heterocycles. The van der Waals surface area contributed by atoms with Gasteiger partial charge in [0.05, 0.1) is 12.3 Å². The van der Waals surface area contributed by atoms with Crippen molar-refractivity contribution in [2.45, 2.75) is 44.3 Å². The van der Waals surface area contributed by atoms with E-state index in [4.69, 9.17) is 8.83 Å². The van der Waals surface area contributed by atoms with E-state index < -0.39 is 0 Å². The summed E-state index contributed by atoms with van der Waals surface area (Å²) >= 11 is 1.48. The molecule has 0 spiro atoms. The van der Waals surface area contributed by atoms with Crippen molar-refractivity contribution in [2.75, 3.05) is 0 Å². The average molecular weight is 267 g/mol. The lowest BCUT2D eigenvalue weighted by Crippen LogP contribution is -2.21. The van der Waals surface area contributed by atoms with Gasteiger partial charge in [0.25, 0.3) is 5.22 Å². The number of aromatic nitrogens is 2. The van der Waals surface area contributed by atoms with E-state index in [1.807, 2.05) is 12.1 Å². The van der Waals surface area contributed by atoms with Crippen LogP contribution >= 0.6 is 11.8 Å². The van der Waals surface area contributed by atoms with Crippen molar-refractivity contribution in [2.24, 2.45) is 0 Å². The van der Waals surface area contributed by atoms with E-state index >= 15 is 0 Å². The Balaban J connectivity index is 1.83. The highest BCUT2D eigenvalue weighted by Gasteiger charge is 2.07. The number of nitrogens with zero attached hydrogens (tertiary/aromatic N) is 2. The van der Waals surface area contributed by atoms with Crippen LogP contribution in [-0.4, -0.2) is 16.2 Å². The van der Waals surface area contributed by atoms with Crippen molar-refractivity contribution >= 4 is 11.8 Å². The molecular weight excluding hydrogens is 250 g/mol. The van der Waals surface area contributed by atoms with Crippen LogP contribution in [-0.2, 0) is 12.3 Å². The molecule has 5 nitrogen and oxygen atoms in total. The molecule has 2 aromatic rings. The van der Waals surface area contributed by atoms with Crippen molar-refractivity contribution in [1.29, 1.82) is 0 Å². The van der Waals surface area contributed by atoms with Crippen molar-refractivity contribution in [3.63, 3.8) is 0 Å². The highest BCUT2D eigenvalue weighted by molar-refractivity contribution is 7.98. The van der Waals surface area contributed by atoms with E-state index in [9.17, 15) is 0 Å². The predicted octanol–water partition coefficient (Wildman–Crippen LogP) is 2.76. The van der Waals surface area contributed by atoms with E-state index in [2.05, 4.69) is 29.4 Å². The SMILES string of the molecule is Cc1nnc(SCc2ccc(CNC(C)C)o2)o1. The van der Waals surface area contributed by atoms with Crippen molar-refractivity contribution in [1.82, 2.24) is 15.5 Å². The third kappa shape index (κ3) is 3.89. The summed E-state index contributed by atoms with van der Waals surface area (Å²) in [4.78, 5) is 0. The van der Waals surface area contributed by atoms with E-state index in [1.54, 1.807) is 6.92 Å². The summed E-state index contributed by atoms with van der Waals surface area (Å²) in [5, 5.41) is 11.6. The predicted molar refractivity (Wildman–Crippen MR) is 69.3 cm³/mol. The summed E-state index contributed by atoms with van der Waals surface area (Å²) in [5.41, 5.74) is 0. The zero-order valence-corrected chi connectivity index (χ0v) is 11.6. The molecule has 2 rings (SSSR count). The van der Waals surface area contributed by atoms with Gasteiger partial charge in [0.2, 0.25) is 5.89 Å². The second kappa shape index (κ2) is 6.06. The summed E-state index contributed by atoms with van der Waals surface area (Å²) in [6.45, 7) is 6.75. The normalized spacial score (nSPS) is 11.3. The summed E-state index contributed by atoms with van der Waals surface area (Å²) in [7, 11) is 0. The number of aryl methyl sites for hydroxylation is 1. The van der Waals surface area contributed by atoms with Crippen LogP contribution in [0.1, 0.15) is 31.3 Å². The fourth-order valence-corrected chi connectivity index (χ4v) is 2.07. The Hall–Kier alpha value is -1.27. The zero-order valence-electron chi connectivity index (χ0n) is 10.8. The van der Waals surface area contributed by atoms with Gasteiger partial charge in [-0.05, 0) is 12.1 Å². The largest absolute Gasteiger partial charge is 0.464 e. The Morgan fingerprint density at radius 1 is 1.22 bits per heavy atom. The monoisotopic (exact) mass is 267 g/mol. The fourth-order valence-electron chi connectivity index (χ4n) is 1.37. The molecule has 0 aliphatic rings. The Morgan fingerprint density at radius 2 is 2.00 bits per heavy atom. The van der Waals surface area contributed by atoms with Gasteiger partial charge in [-0.15, -0.1) is 10.2 Å². The molecule has 18 heavy (non-hydrogen) atoms. The van der Waals surface area contributed by atoms with E-state index in [-0.39, 0.29) is 0 Å². The molecule has 98 valence electrons. The highest BCUT2D eigenvalue weighted by Crippen LogP contribution is 2.22. The number of furan rings is 1. The van der Waals surface area contributed by atoms with Crippen LogP contribution in [0.2, 0.25) is 0 Å². The van der Waals surface area contributed by atoms with Gasteiger partial charge < -0.3 is 14.2 Å². The maximum atomic E-state index is 5.69. The van der Waals surface area contributed by atoms with E-state index in [0.717, 1.165) is 18.1 Å². The minimum absolute atomic E-state index is 0.453. The van der Waals surface area contributed by atoms with Crippen LogP contribution in [0.15, 0.2) is 26.2 Å². The molecule has 0 aliphatic carbocycles. The van der Waals surface area contributed by atoms with Crippen molar-refractivity contribution < 1.29 is 8.83 Å². The molecule has 1 N–H and O–H groups in total. The minimum atomic E-state index is 0.453. The van der Waals surface area contributed by atoms with Gasteiger partial charge in [-0.25, -0.2) is 0 Å². The van der Waals surface area contributed by atoms with Crippen LogP contribution in [0, 0.1) is 6.92 Å².